The van der Waals surface area contributed by atoms with E-state index in [1.54, 1.807) is 7.05 Å². The molecule has 0 bridgehead atoms. The fourth-order valence-electron chi connectivity index (χ4n) is 2.16. The first-order valence-corrected chi connectivity index (χ1v) is 6.44. The summed E-state index contributed by atoms with van der Waals surface area (Å²) < 4.78 is 1.31. The van der Waals surface area contributed by atoms with Crippen LogP contribution in [-0.2, 0) is 7.05 Å². The van der Waals surface area contributed by atoms with Gasteiger partial charge in [-0.15, -0.1) is 0 Å². The van der Waals surface area contributed by atoms with E-state index in [0.29, 0.717) is 17.0 Å². The molecule has 0 aliphatic heterocycles. The van der Waals surface area contributed by atoms with E-state index < -0.39 is 11.2 Å². The normalized spacial score (nSPS) is 11.0. The van der Waals surface area contributed by atoms with Gasteiger partial charge >= 0.3 is 5.69 Å². The van der Waals surface area contributed by atoms with E-state index in [1.807, 2.05) is 43.3 Å². The minimum atomic E-state index is -0.478. The van der Waals surface area contributed by atoms with Gasteiger partial charge in [-0.3, -0.25) is 14.3 Å². The zero-order valence-corrected chi connectivity index (χ0v) is 12.0. The smallest absolute Gasteiger partial charge is 0.329 e. The van der Waals surface area contributed by atoms with Crippen molar-refractivity contribution in [2.45, 2.75) is 0 Å². The van der Waals surface area contributed by atoms with Crippen LogP contribution in [0, 0.1) is 0 Å². The number of imidazole rings is 1. The van der Waals surface area contributed by atoms with Gasteiger partial charge in [0, 0.05) is 32.4 Å². The minimum absolute atomic E-state index is 0.295. The van der Waals surface area contributed by atoms with Gasteiger partial charge in [0.25, 0.3) is 5.56 Å². The Morgan fingerprint density at radius 1 is 1.10 bits per heavy atom. The molecule has 0 aliphatic rings. The number of aryl methyl sites for hydroxylation is 1. The molecule has 0 saturated heterocycles. The molecule has 0 unspecified atom stereocenters. The van der Waals surface area contributed by atoms with Crippen LogP contribution in [0.4, 0.5) is 5.69 Å². The molecule has 0 fully saturated rings. The lowest BCUT2D eigenvalue weighted by atomic mass is 10.2. The van der Waals surface area contributed by atoms with Crippen molar-refractivity contribution >= 4 is 16.9 Å². The number of hydrogen-bond acceptors (Lipinski definition) is 4. The first kappa shape index (κ1) is 13.2. The molecular weight excluding hydrogens is 270 g/mol. The van der Waals surface area contributed by atoms with Crippen LogP contribution in [0.3, 0.4) is 0 Å². The number of fused-ring (bicyclic) bond motifs is 1. The van der Waals surface area contributed by atoms with Crippen molar-refractivity contribution in [1.29, 1.82) is 0 Å². The highest BCUT2D eigenvalue weighted by atomic mass is 16.2. The summed E-state index contributed by atoms with van der Waals surface area (Å²) in [6.07, 6.45) is 0. The molecule has 0 amide bonds. The summed E-state index contributed by atoms with van der Waals surface area (Å²) in [5.41, 5.74) is 1.62. The van der Waals surface area contributed by atoms with E-state index in [-0.39, 0.29) is 0 Å². The lowest BCUT2D eigenvalue weighted by Gasteiger charge is -2.11. The molecule has 2 aromatic heterocycles. The summed E-state index contributed by atoms with van der Waals surface area (Å²) in [7, 11) is 5.50. The molecule has 0 radical (unpaired) electrons. The van der Waals surface area contributed by atoms with Gasteiger partial charge in [-0.05, 0) is 24.3 Å². The summed E-state index contributed by atoms with van der Waals surface area (Å²) in [6.45, 7) is 0. The van der Waals surface area contributed by atoms with Crippen LogP contribution in [0.15, 0.2) is 33.9 Å². The van der Waals surface area contributed by atoms with Gasteiger partial charge in [-0.1, -0.05) is 0 Å². The first-order valence-electron chi connectivity index (χ1n) is 6.44. The summed E-state index contributed by atoms with van der Waals surface area (Å²) in [5, 5.41) is 0. The van der Waals surface area contributed by atoms with E-state index in [2.05, 4.69) is 15.0 Å². The summed E-state index contributed by atoms with van der Waals surface area (Å²) in [6, 6.07) is 7.76. The van der Waals surface area contributed by atoms with Crippen LogP contribution in [0.2, 0.25) is 0 Å². The molecule has 0 saturated carbocycles. The number of aromatic amines is 2. The summed E-state index contributed by atoms with van der Waals surface area (Å²) >= 11 is 0. The second-order valence-electron chi connectivity index (χ2n) is 5.04. The SMILES string of the molecule is CN(C)c1ccc(-c2nc3c([nH]2)c(=O)[nH]c(=O)n3C)cc1. The second-order valence-corrected chi connectivity index (χ2v) is 5.04. The lowest BCUT2D eigenvalue weighted by Crippen LogP contribution is -2.28. The fourth-order valence-corrected chi connectivity index (χ4v) is 2.16. The highest BCUT2D eigenvalue weighted by Gasteiger charge is 2.11. The predicted molar refractivity (Wildman–Crippen MR) is 81.7 cm³/mol. The molecule has 21 heavy (non-hydrogen) atoms. The topological polar surface area (TPSA) is 86.8 Å². The van der Waals surface area contributed by atoms with Crippen LogP contribution in [0.5, 0.6) is 0 Å². The molecular formula is C14H15N5O2. The Bertz CT molecular complexity index is 915. The molecule has 3 aromatic rings. The molecule has 0 atom stereocenters. The maximum atomic E-state index is 11.8. The largest absolute Gasteiger partial charge is 0.378 e. The van der Waals surface area contributed by atoms with Gasteiger partial charge in [0.15, 0.2) is 5.65 Å². The zero-order chi connectivity index (χ0) is 15.1. The van der Waals surface area contributed by atoms with E-state index in [9.17, 15) is 9.59 Å². The van der Waals surface area contributed by atoms with E-state index >= 15 is 0 Å². The second kappa shape index (κ2) is 4.62. The van der Waals surface area contributed by atoms with E-state index in [0.717, 1.165) is 11.3 Å². The minimum Gasteiger partial charge on any atom is -0.378 e. The lowest BCUT2D eigenvalue weighted by molar-refractivity contribution is 0.832. The third kappa shape index (κ3) is 2.12. The molecule has 0 spiro atoms. The molecule has 1 aromatic carbocycles. The third-order valence-electron chi connectivity index (χ3n) is 3.41. The molecule has 108 valence electrons. The van der Waals surface area contributed by atoms with Crippen LogP contribution in [0.25, 0.3) is 22.6 Å². The number of hydrogen-bond donors (Lipinski definition) is 2. The zero-order valence-electron chi connectivity index (χ0n) is 12.0. The molecule has 2 heterocycles. The van der Waals surface area contributed by atoms with Crippen LogP contribution in [0.1, 0.15) is 0 Å². The maximum absolute atomic E-state index is 11.8. The van der Waals surface area contributed by atoms with Crippen molar-refractivity contribution in [2.24, 2.45) is 7.05 Å². The van der Waals surface area contributed by atoms with Gasteiger partial charge in [-0.2, -0.15) is 0 Å². The quantitative estimate of drug-likeness (QED) is 0.725. The number of nitrogens with zero attached hydrogens (tertiary/aromatic N) is 3. The Morgan fingerprint density at radius 2 is 1.76 bits per heavy atom. The van der Waals surface area contributed by atoms with E-state index in [1.165, 1.54) is 4.57 Å². The Kier molecular flexibility index (Phi) is 2.90. The molecule has 3 rings (SSSR count). The van der Waals surface area contributed by atoms with Crippen LogP contribution in [-0.4, -0.2) is 33.6 Å². The fraction of sp³-hybridized carbons (Fsp3) is 0.214. The number of rotatable bonds is 2. The number of benzene rings is 1. The molecule has 2 N–H and O–H groups in total. The maximum Gasteiger partial charge on any atom is 0.329 e. The molecule has 7 nitrogen and oxygen atoms in total. The van der Waals surface area contributed by atoms with Crippen molar-refractivity contribution in [3.63, 3.8) is 0 Å². The third-order valence-corrected chi connectivity index (χ3v) is 3.41. The van der Waals surface area contributed by atoms with Crippen molar-refractivity contribution in [2.75, 3.05) is 19.0 Å². The van der Waals surface area contributed by atoms with Crippen molar-refractivity contribution < 1.29 is 0 Å². The monoisotopic (exact) mass is 285 g/mol. The predicted octanol–water partition coefficient (Wildman–Crippen LogP) is 0.683. The van der Waals surface area contributed by atoms with Gasteiger partial charge < -0.3 is 9.88 Å². The molecule has 0 aliphatic carbocycles. The van der Waals surface area contributed by atoms with Gasteiger partial charge in [0.05, 0.1) is 0 Å². The van der Waals surface area contributed by atoms with Gasteiger partial charge in [0.1, 0.15) is 11.3 Å². The van der Waals surface area contributed by atoms with Crippen LogP contribution < -0.4 is 16.1 Å². The Hall–Kier alpha value is -2.83. The number of aromatic nitrogens is 4. The van der Waals surface area contributed by atoms with Crippen LogP contribution >= 0.6 is 0 Å². The Morgan fingerprint density at radius 3 is 2.38 bits per heavy atom. The highest BCUT2D eigenvalue weighted by Crippen LogP contribution is 2.21. The van der Waals surface area contributed by atoms with Gasteiger partial charge in [0.2, 0.25) is 0 Å². The van der Waals surface area contributed by atoms with Crippen molar-refractivity contribution in [3.05, 3.63) is 45.1 Å². The average molecular weight is 285 g/mol. The van der Waals surface area contributed by atoms with Crippen molar-refractivity contribution in [1.82, 2.24) is 19.5 Å². The summed E-state index contributed by atoms with van der Waals surface area (Å²) in [5.74, 6) is 0.557. The first-order chi connectivity index (χ1) is 9.97. The summed E-state index contributed by atoms with van der Waals surface area (Å²) in [4.78, 5) is 34.9. The highest BCUT2D eigenvalue weighted by molar-refractivity contribution is 5.75. The average Bonchev–Trinajstić information content (AvgIpc) is 2.91. The molecule has 7 heteroatoms. The van der Waals surface area contributed by atoms with E-state index in [4.69, 9.17) is 0 Å². The Balaban J connectivity index is 2.17. The van der Waals surface area contributed by atoms with Crippen molar-refractivity contribution in [3.8, 4) is 11.4 Å². The standard InChI is InChI=1S/C14H15N5O2/c1-18(2)9-6-4-8(5-7-9)11-15-10-12(16-11)19(3)14(21)17-13(10)20/h4-7H,1-3H3,(H,15,16)(H,17,20,21). The number of H-pyrrole nitrogens is 2. The number of nitrogens with one attached hydrogen (secondary N) is 2. The van der Waals surface area contributed by atoms with Gasteiger partial charge in [-0.25, -0.2) is 9.78 Å². The Labute approximate surface area is 119 Å². The number of anilines is 1.